The van der Waals surface area contributed by atoms with Crippen LogP contribution in [0.2, 0.25) is 0 Å². The number of hydrogen-bond donors (Lipinski definition) is 3. The van der Waals surface area contributed by atoms with Crippen molar-refractivity contribution in [2.45, 2.75) is 233 Å². The van der Waals surface area contributed by atoms with Crippen molar-refractivity contribution >= 4 is 11.7 Å². The second-order valence-corrected chi connectivity index (χ2v) is 18.4. The number of cyclic esters (lactones) is 1. The maximum atomic E-state index is 13.1. The highest BCUT2D eigenvalue weighted by Crippen LogP contribution is 2.35. The van der Waals surface area contributed by atoms with Crippen LogP contribution in [0, 0.1) is 17.8 Å². The summed E-state index contributed by atoms with van der Waals surface area (Å²) in [6.07, 6.45) is 8.02. The fourth-order valence-electron chi connectivity index (χ4n) is 8.21. The number of ether oxygens (including phenoxy) is 7. The molecular weight excluding hydrogens is 797 g/mol. The van der Waals surface area contributed by atoms with E-state index in [-0.39, 0.29) is 36.9 Å². The lowest BCUT2D eigenvalue weighted by atomic mass is 9.83. The van der Waals surface area contributed by atoms with Crippen molar-refractivity contribution in [1.29, 1.82) is 0 Å². The summed E-state index contributed by atoms with van der Waals surface area (Å²) in [6.45, 7) is 24.5. The summed E-state index contributed by atoms with van der Waals surface area (Å²) in [4.78, 5) is 21.4. The Labute approximate surface area is 378 Å². The van der Waals surface area contributed by atoms with Gasteiger partial charge in [0.15, 0.2) is 6.29 Å². The molecular formula is C48H96N2O12. The first-order valence-corrected chi connectivity index (χ1v) is 23.8. The zero-order valence-corrected chi connectivity index (χ0v) is 42.4. The van der Waals surface area contributed by atoms with Crippen LogP contribution in [0.1, 0.15) is 167 Å². The lowest BCUT2D eigenvalue weighted by Gasteiger charge is -2.38. The van der Waals surface area contributed by atoms with Gasteiger partial charge in [-0.2, -0.15) is 0 Å². The molecule has 0 aromatic carbocycles. The number of carbonyl (C=O) groups is 1. The summed E-state index contributed by atoms with van der Waals surface area (Å²) in [5.41, 5.74) is -0.981. The lowest BCUT2D eigenvalue weighted by Crippen LogP contribution is -2.53. The first kappa shape index (κ1) is 60.5. The van der Waals surface area contributed by atoms with Gasteiger partial charge < -0.3 is 58.2 Å². The predicted molar refractivity (Wildman–Crippen MR) is 247 cm³/mol. The van der Waals surface area contributed by atoms with Gasteiger partial charge in [-0.15, -0.1) is 0 Å². The van der Waals surface area contributed by atoms with E-state index >= 15 is 0 Å². The Morgan fingerprint density at radius 1 is 0.935 bits per heavy atom. The monoisotopic (exact) mass is 893 g/mol. The minimum atomic E-state index is -1.66. The third kappa shape index (κ3) is 22.6. The highest BCUT2D eigenvalue weighted by Gasteiger charge is 2.43. The highest BCUT2D eigenvalue weighted by atomic mass is 16.8. The average Bonchev–Trinajstić information content (AvgIpc) is 3.22. The van der Waals surface area contributed by atoms with Gasteiger partial charge in [-0.25, -0.2) is 0 Å². The zero-order valence-electron chi connectivity index (χ0n) is 42.4. The Morgan fingerprint density at radius 3 is 2.08 bits per heavy atom. The van der Waals surface area contributed by atoms with Crippen molar-refractivity contribution in [3.8, 4) is 0 Å². The van der Waals surface area contributed by atoms with Crippen LogP contribution in [-0.2, 0) is 42.8 Å². The summed E-state index contributed by atoms with van der Waals surface area (Å²) in [7, 11) is 9.21. The van der Waals surface area contributed by atoms with Crippen molar-refractivity contribution in [3.05, 3.63) is 0 Å². The van der Waals surface area contributed by atoms with Crippen molar-refractivity contribution in [2.24, 2.45) is 22.9 Å². The molecule has 3 rings (SSSR count). The molecule has 1 saturated carbocycles. The molecule has 3 aliphatic rings. The molecule has 370 valence electrons. The van der Waals surface area contributed by atoms with Crippen LogP contribution in [0.3, 0.4) is 0 Å². The van der Waals surface area contributed by atoms with Gasteiger partial charge in [0.25, 0.3) is 0 Å². The average molecular weight is 893 g/mol. The number of carbonyl (C=O) groups excluding carboxylic acids is 1. The Hall–Kier alpha value is -1.46. The van der Waals surface area contributed by atoms with Gasteiger partial charge in [-0.1, -0.05) is 46.2 Å². The molecule has 14 heteroatoms. The molecule has 0 amide bonds. The van der Waals surface area contributed by atoms with E-state index in [2.05, 4.69) is 44.9 Å². The third-order valence-corrected chi connectivity index (χ3v) is 12.2. The van der Waals surface area contributed by atoms with E-state index < -0.39 is 41.6 Å². The molecule has 14 nitrogen and oxygen atoms in total. The fourth-order valence-corrected chi connectivity index (χ4v) is 8.21. The first-order chi connectivity index (χ1) is 29.2. The largest absolute Gasteiger partial charge is 0.459 e. The van der Waals surface area contributed by atoms with Crippen LogP contribution in [0.15, 0.2) is 5.16 Å². The number of aliphatic hydroxyl groups excluding tert-OH is 2. The SMILES string of the molecule is CC.CCC1OC(=O)C(C)C(OC)C(C)C[C@H](C)CC/C(=N\OC2(OC(C)C)CCCCC2)C[C@@H](O)[C@]1(C)O.COC1CC(N(C)C)C[C@@H](C)O1.COCCCO[C@@H](C)[C@@H](C)O. The summed E-state index contributed by atoms with van der Waals surface area (Å²) >= 11 is 0. The van der Waals surface area contributed by atoms with Gasteiger partial charge in [0.05, 0.1) is 48.3 Å². The number of hydrogen-bond acceptors (Lipinski definition) is 14. The second kappa shape index (κ2) is 32.3. The van der Waals surface area contributed by atoms with Gasteiger partial charge in [0.1, 0.15) is 11.7 Å². The lowest BCUT2D eigenvalue weighted by molar-refractivity contribution is -0.268. The van der Waals surface area contributed by atoms with Crippen molar-refractivity contribution < 1.29 is 58.1 Å². The number of nitrogens with zero attached hydrogens (tertiary/aromatic N) is 2. The van der Waals surface area contributed by atoms with Crippen LogP contribution < -0.4 is 0 Å². The summed E-state index contributed by atoms with van der Waals surface area (Å²) < 4.78 is 38.6. The Morgan fingerprint density at radius 2 is 1.56 bits per heavy atom. The maximum absolute atomic E-state index is 13.1. The molecule has 62 heavy (non-hydrogen) atoms. The van der Waals surface area contributed by atoms with Gasteiger partial charge in [0.2, 0.25) is 5.79 Å². The van der Waals surface area contributed by atoms with Crippen LogP contribution >= 0.6 is 0 Å². The second-order valence-electron chi connectivity index (χ2n) is 18.4. The number of methoxy groups -OCH3 is 3. The molecule has 0 bridgehead atoms. The van der Waals surface area contributed by atoms with E-state index in [4.69, 9.17) is 43.1 Å². The Kier molecular flexibility index (Phi) is 31.5. The molecule has 3 fully saturated rings. The van der Waals surface area contributed by atoms with Crippen molar-refractivity contribution in [3.63, 3.8) is 0 Å². The molecule has 1 aliphatic carbocycles. The van der Waals surface area contributed by atoms with Crippen molar-refractivity contribution in [1.82, 2.24) is 4.90 Å². The van der Waals surface area contributed by atoms with Crippen LogP contribution in [-0.4, -0.2) is 147 Å². The summed E-state index contributed by atoms with van der Waals surface area (Å²) in [5.74, 6) is -1.20. The summed E-state index contributed by atoms with van der Waals surface area (Å²) in [6, 6.07) is 0.596. The molecule has 3 N–H and O–H groups in total. The zero-order chi connectivity index (χ0) is 47.6. The summed E-state index contributed by atoms with van der Waals surface area (Å²) in [5, 5.41) is 36.1. The number of esters is 1. The van der Waals surface area contributed by atoms with E-state index in [1.54, 1.807) is 28.3 Å². The van der Waals surface area contributed by atoms with Crippen LogP contribution in [0.4, 0.5) is 0 Å². The molecule has 2 aliphatic heterocycles. The van der Waals surface area contributed by atoms with Gasteiger partial charge in [-0.05, 0) is 126 Å². The van der Waals surface area contributed by atoms with E-state index in [1.807, 2.05) is 48.5 Å². The Balaban J connectivity index is 0.00000120. The molecule has 0 aromatic rings. The first-order valence-electron chi connectivity index (χ1n) is 23.8. The van der Waals surface area contributed by atoms with Crippen LogP contribution in [0.5, 0.6) is 0 Å². The molecule has 0 aromatic heterocycles. The topological polar surface area (TPSA) is 167 Å². The standard InChI is InChI=1S/C29H53NO7.C9H19NO2.C8H18O3.C2H6/c1-9-25-28(7,33)24(31)18-23(30-37-29(36-19(2)3)15-11-10-12-16-29)14-13-20(4)17-21(5)26(34-8)22(6)27(32)35-25;1-7-5-8(10(2)3)6-9(11-4)12-7;1-7(9)8(2)11-6-4-5-10-3;1-2/h19-22,24-26,31,33H,9-18H2,1-8H3;7-9H,5-6H2,1-4H3;7-9H,4-6H2,1-3H3;1-2H3/b30-23+;;;/t20-,21?,22?,24-,25?,26?,28+;7-,8?,9?;7-,8+;/m111./s1. The minimum Gasteiger partial charge on any atom is -0.459 e. The smallest absolute Gasteiger partial charge is 0.311 e. The quantitative estimate of drug-likeness (QED) is 0.0660. The normalized spacial score (nSPS) is 32.7. The molecule has 6 unspecified atom stereocenters. The van der Waals surface area contributed by atoms with Crippen LogP contribution in [0.25, 0.3) is 0 Å². The molecule has 12 atom stereocenters. The maximum Gasteiger partial charge on any atom is 0.311 e. The molecule has 2 heterocycles. The highest BCUT2D eigenvalue weighted by molar-refractivity contribution is 5.84. The molecule has 2 saturated heterocycles. The Bertz CT molecular complexity index is 1160. The molecule has 0 radical (unpaired) electrons. The van der Waals surface area contributed by atoms with Gasteiger partial charge in [-0.3, -0.25) is 4.79 Å². The minimum absolute atomic E-state index is 0.00578. The predicted octanol–water partition coefficient (Wildman–Crippen LogP) is 8.30. The van der Waals surface area contributed by atoms with E-state index in [0.29, 0.717) is 49.8 Å². The van der Waals surface area contributed by atoms with Gasteiger partial charge in [0, 0.05) is 66.3 Å². The van der Waals surface area contributed by atoms with E-state index in [9.17, 15) is 15.0 Å². The third-order valence-electron chi connectivity index (χ3n) is 12.2. The number of aliphatic hydroxyl groups is 3. The number of oxime groups is 1. The van der Waals surface area contributed by atoms with E-state index in [1.165, 1.54) is 6.92 Å². The fraction of sp³-hybridized carbons (Fsp3) is 0.958. The van der Waals surface area contributed by atoms with Crippen molar-refractivity contribution in [2.75, 3.05) is 48.6 Å². The number of rotatable bonds is 14. The van der Waals surface area contributed by atoms with Gasteiger partial charge >= 0.3 is 5.97 Å². The molecule has 0 spiro atoms. The van der Waals surface area contributed by atoms with E-state index in [0.717, 1.165) is 64.2 Å².